The summed E-state index contributed by atoms with van der Waals surface area (Å²) in [6, 6.07) is 5.98. The maximum Gasteiger partial charge on any atom is 0.434 e. The van der Waals surface area contributed by atoms with E-state index in [1.165, 1.54) is 43.0 Å². The lowest BCUT2D eigenvalue weighted by atomic mass is 10.1. The molecule has 0 spiro atoms. The normalized spacial score (nSPS) is 16.8. The first kappa shape index (κ1) is 30.1. The Labute approximate surface area is 247 Å². The van der Waals surface area contributed by atoms with Crippen molar-refractivity contribution in [2.24, 2.45) is 7.05 Å². The molecule has 0 radical (unpaired) electrons. The molecule has 1 aromatic carbocycles. The lowest BCUT2D eigenvalue weighted by Crippen LogP contribution is -2.29. The van der Waals surface area contributed by atoms with Crippen LogP contribution >= 0.6 is 0 Å². The van der Waals surface area contributed by atoms with Gasteiger partial charge in [-0.3, -0.25) is 14.5 Å². The minimum atomic E-state index is -4.64. The largest absolute Gasteiger partial charge is 0.480 e. The number of nitrogens with one attached hydrogen (secondary N) is 1. The first-order chi connectivity index (χ1) is 21.2. The Morgan fingerprint density at radius 1 is 1.07 bits per heavy atom. The van der Waals surface area contributed by atoms with Crippen molar-refractivity contribution in [2.75, 3.05) is 7.11 Å². The zero-order valence-corrected chi connectivity index (χ0v) is 23.2. The van der Waals surface area contributed by atoms with E-state index in [9.17, 15) is 35.1 Å². The van der Waals surface area contributed by atoms with Gasteiger partial charge in [-0.25, -0.2) is 46.9 Å². The summed E-state index contributed by atoms with van der Waals surface area (Å²) in [6.45, 7) is -0.223. The number of rotatable bonds is 8. The lowest BCUT2D eigenvalue weighted by Gasteiger charge is -2.11. The fourth-order valence-corrected chi connectivity index (χ4v) is 5.05. The van der Waals surface area contributed by atoms with Crippen molar-refractivity contribution in [3.05, 3.63) is 65.6 Å². The van der Waals surface area contributed by atoms with E-state index in [0.717, 1.165) is 23.3 Å². The van der Waals surface area contributed by atoms with Gasteiger partial charge in [0.1, 0.15) is 23.2 Å². The van der Waals surface area contributed by atoms with Crippen molar-refractivity contribution in [3.8, 4) is 28.7 Å². The number of nitrogens with zero attached hydrogens (tertiary/aromatic N) is 8. The first-order valence-electron chi connectivity index (χ1n) is 13.1. The topological polar surface area (TPSA) is 112 Å². The summed E-state index contributed by atoms with van der Waals surface area (Å²) in [5, 5.41) is 8.56. The first-order valence-corrected chi connectivity index (χ1v) is 13.1. The monoisotopic (exact) mass is 639 g/mol. The van der Waals surface area contributed by atoms with Crippen molar-refractivity contribution in [1.82, 2.24) is 38.6 Å². The number of fused-ring (bicyclic) bond motifs is 1. The number of aromatic nitrogens is 8. The van der Waals surface area contributed by atoms with Gasteiger partial charge in [-0.15, -0.1) is 0 Å². The Balaban J connectivity index is 1.45. The zero-order valence-electron chi connectivity index (χ0n) is 23.2. The minimum Gasteiger partial charge on any atom is -0.480 e. The van der Waals surface area contributed by atoms with E-state index in [2.05, 4.69) is 24.9 Å². The molecule has 2 atom stereocenters. The van der Waals surface area contributed by atoms with Gasteiger partial charge in [-0.2, -0.15) is 13.2 Å². The fraction of sp³-hybridized carbons (Fsp3) is 0.333. The van der Waals surface area contributed by atoms with Crippen molar-refractivity contribution in [1.29, 1.82) is 5.41 Å². The molecular formula is C27H21F8N9O. The van der Waals surface area contributed by atoms with E-state index >= 15 is 0 Å². The van der Waals surface area contributed by atoms with Gasteiger partial charge in [0, 0.05) is 25.2 Å². The number of hydrogen-bond donors (Lipinski definition) is 1. The van der Waals surface area contributed by atoms with Gasteiger partial charge < -0.3 is 9.30 Å². The standard InChI is InChI=1S/C27H21F8N9O/c1-42-10-16(27(33,34)35)40-22(42)13-5-3-12(4-6-13)9-43-23-15(44(25(43)36)20(30)19(28)29)8-37-21(41-23)17-18(14-7-26(14,31)32)38-11-39-24(17)45-2/h3-6,8,10-11,14,19-20,36H,7,9H2,1-2H3. The number of hydrogen-bond acceptors (Lipinski definition) is 7. The molecule has 6 rings (SSSR count). The summed E-state index contributed by atoms with van der Waals surface area (Å²) in [7, 11) is 2.64. The SMILES string of the molecule is COc1ncnc(C2CC2(F)F)c1-c1ncc2c(n1)n(Cc1ccc(-c3nc(C(F)(F)F)cn3C)cc1)c(=N)n2C(F)C(F)F. The predicted octanol–water partition coefficient (Wildman–Crippen LogP) is 5.50. The Hall–Kier alpha value is -4.90. The maximum absolute atomic E-state index is 14.8. The Morgan fingerprint density at radius 3 is 2.33 bits per heavy atom. The third kappa shape index (κ3) is 5.27. The Kier molecular flexibility index (Phi) is 7.11. The average Bonchev–Trinajstić information content (AvgIpc) is 3.31. The van der Waals surface area contributed by atoms with Gasteiger partial charge in [0.05, 0.1) is 31.5 Å². The van der Waals surface area contributed by atoms with E-state index in [4.69, 9.17) is 10.1 Å². The molecule has 18 heteroatoms. The summed E-state index contributed by atoms with van der Waals surface area (Å²) in [5.74, 6) is -4.63. The molecule has 0 aliphatic heterocycles. The highest BCUT2D eigenvalue weighted by Gasteiger charge is 2.59. The van der Waals surface area contributed by atoms with Crippen LogP contribution in [0.1, 0.15) is 35.6 Å². The third-order valence-corrected chi connectivity index (χ3v) is 7.34. The van der Waals surface area contributed by atoms with Crippen LogP contribution in [0.4, 0.5) is 35.1 Å². The summed E-state index contributed by atoms with van der Waals surface area (Å²) in [4.78, 5) is 20.1. The zero-order chi connectivity index (χ0) is 32.4. The van der Waals surface area contributed by atoms with Gasteiger partial charge >= 0.3 is 6.18 Å². The minimum absolute atomic E-state index is 0.0324. The third-order valence-electron chi connectivity index (χ3n) is 7.34. The molecular weight excluding hydrogens is 618 g/mol. The van der Waals surface area contributed by atoms with Crippen LogP contribution in [0.25, 0.3) is 33.9 Å². The lowest BCUT2D eigenvalue weighted by molar-refractivity contribution is -0.140. The van der Waals surface area contributed by atoms with Gasteiger partial charge in [0.15, 0.2) is 17.2 Å². The highest BCUT2D eigenvalue weighted by Crippen LogP contribution is 2.57. The Bertz CT molecular complexity index is 1960. The average molecular weight is 640 g/mol. The van der Waals surface area contributed by atoms with Crippen molar-refractivity contribution >= 4 is 11.2 Å². The summed E-state index contributed by atoms with van der Waals surface area (Å²) >= 11 is 0. The molecule has 10 nitrogen and oxygen atoms in total. The number of imidazole rings is 2. The Morgan fingerprint density at radius 2 is 1.76 bits per heavy atom. The van der Waals surface area contributed by atoms with Gasteiger partial charge in [0.2, 0.25) is 17.8 Å². The number of aryl methyl sites for hydroxylation is 1. The molecule has 4 aromatic heterocycles. The van der Waals surface area contributed by atoms with Crippen LogP contribution in [-0.2, 0) is 19.8 Å². The molecule has 0 bridgehead atoms. The molecule has 5 aromatic rings. The molecule has 2 unspecified atom stereocenters. The maximum atomic E-state index is 14.8. The van der Waals surface area contributed by atoms with Crippen LogP contribution in [0.2, 0.25) is 0 Å². The van der Waals surface area contributed by atoms with Gasteiger partial charge in [-0.05, 0) is 5.56 Å². The molecule has 1 aliphatic carbocycles. The van der Waals surface area contributed by atoms with Crippen LogP contribution in [0.15, 0.2) is 43.0 Å². The molecule has 0 saturated heterocycles. The molecule has 45 heavy (non-hydrogen) atoms. The molecule has 0 amide bonds. The van der Waals surface area contributed by atoms with Crippen LogP contribution in [-0.4, -0.2) is 58.1 Å². The summed E-state index contributed by atoms with van der Waals surface area (Å²) in [5.41, 5.74) is -1.65. The second kappa shape index (κ2) is 10.6. The van der Waals surface area contributed by atoms with E-state index in [1.807, 2.05) is 0 Å². The van der Waals surface area contributed by atoms with Crippen molar-refractivity contribution < 1.29 is 39.9 Å². The van der Waals surface area contributed by atoms with E-state index in [0.29, 0.717) is 15.7 Å². The number of benzene rings is 1. The number of methoxy groups -OCH3 is 1. The molecule has 1 saturated carbocycles. The van der Waals surface area contributed by atoms with Crippen LogP contribution in [0, 0.1) is 5.41 Å². The predicted molar refractivity (Wildman–Crippen MR) is 140 cm³/mol. The van der Waals surface area contributed by atoms with Crippen LogP contribution < -0.4 is 10.4 Å². The van der Waals surface area contributed by atoms with E-state index < -0.39 is 48.5 Å². The molecule has 1 fully saturated rings. The van der Waals surface area contributed by atoms with Crippen LogP contribution in [0.3, 0.4) is 0 Å². The molecule has 236 valence electrons. The quantitative estimate of drug-likeness (QED) is 0.225. The van der Waals surface area contributed by atoms with E-state index in [1.54, 1.807) is 0 Å². The number of alkyl halides is 8. The molecule has 4 heterocycles. The van der Waals surface area contributed by atoms with Gasteiger partial charge in [0.25, 0.3) is 12.3 Å². The highest BCUT2D eigenvalue weighted by molar-refractivity contribution is 5.76. The highest BCUT2D eigenvalue weighted by atomic mass is 19.4. The van der Waals surface area contributed by atoms with Crippen molar-refractivity contribution in [2.45, 2.75) is 43.7 Å². The smallest absolute Gasteiger partial charge is 0.434 e. The second-order valence-corrected chi connectivity index (χ2v) is 10.3. The summed E-state index contributed by atoms with van der Waals surface area (Å²) < 4.78 is 117. The van der Waals surface area contributed by atoms with Gasteiger partial charge in [-0.1, -0.05) is 24.3 Å². The molecule has 1 N–H and O–H groups in total. The second-order valence-electron chi connectivity index (χ2n) is 10.3. The number of halogens is 8. The summed E-state index contributed by atoms with van der Waals surface area (Å²) in [6.07, 6.45) is -8.71. The molecule has 1 aliphatic rings. The fourth-order valence-electron chi connectivity index (χ4n) is 5.05. The van der Waals surface area contributed by atoms with E-state index in [-0.39, 0.29) is 46.5 Å². The van der Waals surface area contributed by atoms with Crippen LogP contribution in [0.5, 0.6) is 5.88 Å². The van der Waals surface area contributed by atoms with Crippen molar-refractivity contribution in [3.63, 3.8) is 0 Å². The number of ether oxygens (including phenoxy) is 1.